The lowest BCUT2D eigenvalue weighted by Crippen LogP contribution is -2.21. The Morgan fingerprint density at radius 1 is 1.00 bits per heavy atom. The van der Waals surface area contributed by atoms with Crippen LogP contribution < -0.4 is 24.7 Å². The van der Waals surface area contributed by atoms with Gasteiger partial charge in [0, 0.05) is 33.3 Å². The smallest absolute Gasteiger partial charge is 0.336 e. The lowest BCUT2D eigenvalue weighted by Gasteiger charge is -2.27. The first-order valence-corrected chi connectivity index (χ1v) is 13.5. The third-order valence-electron chi connectivity index (χ3n) is 6.54. The van der Waals surface area contributed by atoms with Crippen molar-refractivity contribution in [1.82, 2.24) is 0 Å². The van der Waals surface area contributed by atoms with E-state index in [1.165, 1.54) is 6.08 Å². The molecule has 1 aliphatic rings. The third-order valence-corrected chi connectivity index (χ3v) is 7.12. The molecule has 0 aromatic heterocycles. The van der Waals surface area contributed by atoms with Crippen molar-refractivity contribution in [2.45, 2.75) is 12.5 Å². The minimum atomic E-state index is -0.565. The molecule has 9 heteroatoms. The molecule has 4 aromatic carbocycles. The van der Waals surface area contributed by atoms with Crippen LogP contribution in [0.2, 0.25) is 10.0 Å². The van der Waals surface area contributed by atoms with Crippen LogP contribution in [0.4, 0.5) is 0 Å². The van der Waals surface area contributed by atoms with Crippen molar-refractivity contribution in [2.24, 2.45) is 5.73 Å². The molecule has 0 spiro atoms. The number of halogens is 2. The van der Waals surface area contributed by atoms with Gasteiger partial charge in [-0.3, -0.25) is 0 Å². The number of esters is 1. The predicted octanol–water partition coefficient (Wildman–Crippen LogP) is 7.42. The van der Waals surface area contributed by atoms with Gasteiger partial charge in [-0.25, -0.2) is 4.79 Å². The van der Waals surface area contributed by atoms with Crippen LogP contribution in [0.15, 0.2) is 102 Å². The van der Waals surface area contributed by atoms with Crippen molar-refractivity contribution in [3.05, 3.63) is 135 Å². The van der Waals surface area contributed by atoms with Gasteiger partial charge in [0.05, 0.1) is 13.0 Å². The number of allylic oxidation sites excluding steroid dienone is 1. The van der Waals surface area contributed by atoms with E-state index in [2.05, 4.69) is 6.07 Å². The van der Waals surface area contributed by atoms with Crippen LogP contribution in [-0.4, -0.2) is 13.1 Å². The summed E-state index contributed by atoms with van der Waals surface area (Å²) in [6.07, 6.45) is 2.97. The maximum atomic E-state index is 12.5. The molecule has 0 saturated carbocycles. The maximum absolute atomic E-state index is 12.5. The van der Waals surface area contributed by atoms with E-state index in [0.29, 0.717) is 27.1 Å². The van der Waals surface area contributed by atoms with Crippen LogP contribution in [0.25, 0.3) is 6.08 Å². The maximum Gasteiger partial charge on any atom is 0.336 e. The Labute approximate surface area is 252 Å². The molecule has 210 valence electrons. The van der Waals surface area contributed by atoms with E-state index in [1.807, 2.05) is 36.4 Å². The normalized spacial score (nSPS) is 14.1. The van der Waals surface area contributed by atoms with Crippen molar-refractivity contribution in [3.8, 4) is 29.1 Å². The first-order valence-electron chi connectivity index (χ1n) is 12.8. The fraction of sp³-hybridized carbons (Fsp3) is 0.0909. The van der Waals surface area contributed by atoms with E-state index in [0.717, 1.165) is 22.4 Å². The summed E-state index contributed by atoms with van der Waals surface area (Å²) in [6, 6.07) is 27.0. The number of hydrogen-bond acceptors (Lipinski definition) is 7. The number of hydrogen-bond donors (Lipinski definition) is 1. The topological polar surface area (TPSA) is 104 Å². The van der Waals surface area contributed by atoms with E-state index in [4.69, 9.17) is 47.9 Å². The van der Waals surface area contributed by atoms with Gasteiger partial charge >= 0.3 is 5.97 Å². The van der Waals surface area contributed by atoms with Gasteiger partial charge in [-0.05, 0) is 59.7 Å². The Kier molecular flexibility index (Phi) is 8.68. The van der Waals surface area contributed by atoms with Gasteiger partial charge in [-0.15, -0.1) is 0 Å². The molecule has 0 fully saturated rings. The number of nitrogens with zero attached hydrogens (tertiary/aromatic N) is 1. The Hall–Kier alpha value is -4.90. The molecule has 1 heterocycles. The summed E-state index contributed by atoms with van der Waals surface area (Å²) in [7, 11) is 1.59. The van der Waals surface area contributed by atoms with Crippen molar-refractivity contribution in [1.29, 1.82) is 5.26 Å². The summed E-state index contributed by atoms with van der Waals surface area (Å²) >= 11 is 12.3. The number of carbonyl (C=O) groups is 1. The molecule has 5 rings (SSSR count). The summed E-state index contributed by atoms with van der Waals surface area (Å²) < 4.78 is 22.4. The highest BCUT2D eigenvalue weighted by Crippen LogP contribution is 2.44. The Morgan fingerprint density at radius 2 is 1.79 bits per heavy atom. The number of nitrogens with two attached hydrogens (primary N) is 1. The van der Waals surface area contributed by atoms with Crippen LogP contribution in [0.3, 0.4) is 0 Å². The monoisotopic (exact) mass is 598 g/mol. The Bertz CT molecular complexity index is 1740. The molecule has 2 N–H and O–H groups in total. The van der Waals surface area contributed by atoms with Gasteiger partial charge in [0.15, 0.2) is 0 Å². The number of rotatable bonds is 8. The Morgan fingerprint density at radius 3 is 2.52 bits per heavy atom. The number of benzene rings is 4. The van der Waals surface area contributed by atoms with Crippen LogP contribution in [0.1, 0.15) is 28.2 Å². The highest BCUT2D eigenvalue weighted by Gasteiger charge is 2.31. The lowest BCUT2D eigenvalue weighted by atomic mass is 9.83. The first-order chi connectivity index (χ1) is 20.3. The second kappa shape index (κ2) is 12.7. The molecule has 0 aliphatic carbocycles. The molecule has 0 saturated heterocycles. The Balaban J connectivity index is 1.35. The van der Waals surface area contributed by atoms with Gasteiger partial charge in [0.1, 0.15) is 41.2 Å². The minimum Gasteiger partial charge on any atom is -0.497 e. The molecule has 4 aromatic rings. The quantitative estimate of drug-likeness (QED) is 0.128. The average molecular weight is 599 g/mol. The van der Waals surface area contributed by atoms with Crippen molar-refractivity contribution in [2.75, 3.05) is 7.11 Å². The van der Waals surface area contributed by atoms with Gasteiger partial charge in [0.25, 0.3) is 0 Å². The fourth-order valence-corrected chi connectivity index (χ4v) is 4.92. The number of methoxy groups -OCH3 is 1. The predicted molar refractivity (Wildman–Crippen MR) is 161 cm³/mol. The van der Waals surface area contributed by atoms with Gasteiger partial charge in [0.2, 0.25) is 5.88 Å². The number of ether oxygens (including phenoxy) is 4. The highest BCUT2D eigenvalue weighted by molar-refractivity contribution is 6.35. The second-order valence-electron chi connectivity index (χ2n) is 9.25. The number of fused-ring (bicyclic) bond motifs is 1. The molecule has 0 radical (unpaired) electrons. The van der Waals surface area contributed by atoms with E-state index in [9.17, 15) is 10.1 Å². The zero-order chi connectivity index (χ0) is 29.6. The van der Waals surface area contributed by atoms with Crippen molar-refractivity contribution < 1.29 is 23.7 Å². The summed E-state index contributed by atoms with van der Waals surface area (Å²) in [5, 5.41) is 11.0. The molecule has 1 atom stereocenters. The highest BCUT2D eigenvalue weighted by atomic mass is 35.5. The number of nitriles is 1. The summed E-state index contributed by atoms with van der Waals surface area (Å²) in [4.78, 5) is 12.5. The largest absolute Gasteiger partial charge is 0.497 e. The lowest BCUT2D eigenvalue weighted by molar-refractivity contribution is -0.128. The second-order valence-corrected chi connectivity index (χ2v) is 10.1. The summed E-state index contributed by atoms with van der Waals surface area (Å²) in [5.74, 6) is 0.819. The van der Waals surface area contributed by atoms with Gasteiger partial charge in [-0.1, -0.05) is 59.6 Å². The molecular weight excluding hydrogens is 575 g/mol. The summed E-state index contributed by atoms with van der Waals surface area (Å²) in [5.41, 5.74) is 9.48. The third kappa shape index (κ3) is 6.52. The zero-order valence-electron chi connectivity index (χ0n) is 22.3. The van der Waals surface area contributed by atoms with Crippen molar-refractivity contribution >= 4 is 35.2 Å². The van der Waals surface area contributed by atoms with E-state index >= 15 is 0 Å². The van der Waals surface area contributed by atoms with Crippen LogP contribution in [-0.2, 0) is 11.4 Å². The zero-order valence-corrected chi connectivity index (χ0v) is 23.9. The van der Waals surface area contributed by atoms with Gasteiger partial charge in [-0.2, -0.15) is 5.26 Å². The number of carbonyl (C=O) groups excluding carboxylic acids is 1. The fourth-order valence-electron chi connectivity index (χ4n) is 4.46. The molecule has 42 heavy (non-hydrogen) atoms. The molecule has 0 bridgehead atoms. The molecule has 7 nitrogen and oxygen atoms in total. The van der Waals surface area contributed by atoms with Crippen LogP contribution in [0.5, 0.6) is 23.0 Å². The van der Waals surface area contributed by atoms with Crippen LogP contribution in [0, 0.1) is 11.3 Å². The standard InChI is InChI=1S/C33H24Cl2N2O5/c1-39-24-10-5-20(6-11-24)7-14-31(38)41-26-12-13-27-30(17-26)42-33(37)28(18-36)32(27)21-3-2-4-25(15-21)40-19-22-8-9-23(34)16-29(22)35/h2-17,32H,19,37H2,1H3/b14-7+. The van der Waals surface area contributed by atoms with Gasteiger partial charge < -0.3 is 24.7 Å². The molecular formula is C33H24Cl2N2O5. The minimum absolute atomic E-state index is 0.0304. The van der Waals surface area contributed by atoms with Crippen molar-refractivity contribution in [3.63, 3.8) is 0 Å². The van der Waals surface area contributed by atoms with E-state index in [-0.39, 0.29) is 23.8 Å². The van der Waals surface area contributed by atoms with E-state index in [1.54, 1.807) is 61.7 Å². The molecule has 0 amide bonds. The van der Waals surface area contributed by atoms with Crippen LogP contribution >= 0.6 is 23.2 Å². The average Bonchev–Trinajstić information content (AvgIpc) is 2.99. The molecule has 1 unspecified atom stereocenters. The summed E-state index contributed by atoms with van der Waals surface area (Å²) in [6.45, 7) is 0.231. The SMILES string of the molecule is COc1ccc(/C=C/C(=O)Oc2ccc3c(c2)OC(N)=C(C#N)C3c2cccc(OCc3ccc(Cl)cc3Cl)c2)cc1. The molecule has 1 aliphatic heterocycles. The van der Waals surface area contributed by atoms with E-state index < -0.39 is 11.9 Å². The first kappa shape index (κ1) is 28.6.